The molecule has 1 saturated heterocycles. The van der Waals surface area contributed by atoms with Crippen LogP contribution in [0.15, 0.2) is 18.2 Å². The molecule has 2 rings (SSSR count). The Labute approximate surface area is 116 Å². The average Bonchev–Trinajstić information content (AvgIpc) is 2.49. The highest BCUT2D eigenvalue weighted by Crippen LogP contribution is 2.15. The lowest BCUT2D eigenvalue weighted by Gasteiger charge is -2.34. The van der Waals surface area contributed by atoms with E-state index in [0.29, 0.717) is 26.3 Å². The first kappa shape index (κ1) is 14.4. The predicted molar refractivity (Wildman–Crippen MR) is 70.2 cm³/mol. The number of nitriles is 1. The first-order valence-electron chi connectivity index (χ1n) is 6.37. The Morgan fingerprint density at radius 3 is 3.15 bits per heavy atom. The molecule has 1 N–H and O–H groups in total. The summed E-state index contributed by atoms with van der Waals surface area (Å²) >= 11 is 0. The normalized spacial score (nSPS) is 19.4. The maximum absolute atomic E-state index is 13.3. The molecular weight excluding hydrogens is 261 g/mol. The Morgan fingerprint density at radius 1 is 1.65 bits per heavy atom. The van der Waals surface area contributed by atoms with Crippen LogP contribution in [-0.2, 0) is 16.1 Å². The summed E-state index contributed by atoms with van der Waals surface area (Å²) in [4.78, 5) is 13.8. The molecule has 5 nitrogen and oxygen atoms in total. The molecule has 1 aromatic rings. The molecule has 6 heteroatoms. The molecule has 1 amide bonds. The van der Waals surface area contributed by atoms with Crippen LogP contribution in [0, 0.1) is 17.1 Å². The van der Waals surface area contributed by atoms with Crippen molar-refractivity contribution in [2.24, 2.45) is 0 Å². The molecule has 0 radical (unpaired) electrons. The van der Waals surface area contributed by atoms with Crippen molar-refractivity contribution in [3.8, 4) is 6.07 Å². The Kier molecular flexibility index (Phi) is 4.66. The standard InChI is InChI=1S/C14H16FN3O2/c1-17-14(19)13-9-20-5-4-18(13)8-10-2-3-12(15)11(6-10)7-16/h2-3,6,13H,4-5,8-9H2,1H3,(H,17,19). The third-order valence-corrected chi connectivity index (χ3v) is 3.33. The number of amides is 1. The fourth-order valence-electron chi connectivity index (χ4n) is 2.23. The number of likely N-dealkylation sites (N-methyl/N-ethyl adjacent to an activating group) is 1. The zero-order valence-corrected chi connectivity index (χ0v) is 11.2. The maximum atomic E-state index is 13.3. The van der Waals surface area contributed by atoms with Gasteiger partial charge in [0.25, 0.3) is 0 Å². The molecule has 0 bridgehead atoms. The second-order valence-electron chi connectivity index (χ2n) is 4.60. The highest BCUT2D eigenvalue weighted by atomic mass is 19.1. The van der Waals surface area contributed by atoms with Crippen LogP contribution >= 0.6 is 0 Å². The molecule has 1 heterocycles. The van der Waals surface area contributed by atoms with Crippen molar-refractivity contribution in [1.29, 1.82) is 5.26 Å². The van der Waals surface area contributed by atoms with Crippen molar-refractivity contribution in [2.45, 2.75) is 12.6 Å². The first-order valence-corrected chi connectivity index (χ1v) is 6.37. The molecular formula is C14H16FN3O2. The fourth-order valence-corrected chi connectivity index (χ4v) is 2.23. The Hall–Kier alpha value is -1.97. The molecule has 1 aromatic carbocycles. The van der Waals surface area contributed by atoms with Gasteiger partial charge in [0.1, 0.15) is 17.9 Å². The van der Waals surface area contributed by atoms with Gasteiger partial charge in [-0.3, -0.25) is 9.69 Å². The molecule has 1 unspecified atom stereocenters. The van der Waals surface area contributed by atoms with Crippen LogP contribution in [0.25, 0.3) is 0 Å². The molecule has 1 atom stereocenters. The molecule has 0 aromatic heterocycles. The topological polar surface area (TPSA) is 65.4 Å². The molecule has 0 aliphatic carbocycles. The quantitative estimate of drug-likeness (QED) is 0.880. The SMILES string of the molecule is CNC(=O)C1COCCN1Cc1ccc(F)c(C#N)c1. The summed E-state index contributed by atoms with van der Waals surface area (Å²) < 4.78 is 18.6. The van der Waals surface area contributed by atoms with E-state index in [1.165, 1.54) is 12.1 Å². The number of nitrogens with zero attached hydrogens (tertiary/aromatic N) is 2. The van der Waals surface area contributed by atoms with Gasteiger partial charge >= 0.3 is 0 Å². The van der Waals surface area contributed by atoms with Gasteiger partial charge in [-0.2, -0.15) is 5.26 Å². The molecule has 106 valence electrons. The minimum Gasteiger partial charge on any atom is -0.378 e. The molecule has 1 aliphatic rings. The second-order valence-corrected chi connectivity index (χ2v) is 4.60. The number of morpholine rings is 1. The molecule has 0 spiro atoms. The third kappa shape index (κ3) is 3.13. The second kappa shape index (κ2) is 6.46. The highest BCUT2D eigenvalue weighted by Gasteiger charge is 2.28. The van der Waals surface area contributed by atoms with Crippen molar-refractivity contribution >= 4 is 5.91 Å². The number of halogens is 1. The number of hydrogen-bond acceptors (Lipinski definition) is 4. The largest absolute Gasteiger partial charge is 0.378 e. The van der Waals surface area contributed by atoms with Crippen LogP contribution in [0.3, 0.4) is 0 Å². The molecule has 1 fully saturated rings. The van der Waals surface area contributed by atoms with E-state index in [1.54, 1.807) is 13.1 Å². The predicted octanol–water partition coefficient (Wildman–Crippen LogP) is 0.644. The third-order valence-electron chi connectivity index (χ3n) is 3.33. The van der Waals surface area contributed by atoms with E-state index >= 15 is 0 Å². The number of hydrogen-bond donors (Lipinski definition) is 1. The lowest BCUT2D eigenvalue weighted by Crippen LogP contribution is -2.52. The number of carbonyl (C=O) groups excluding carboxylic acids is 1. The molecule has 1 aliphatic heterocycles. The average molecular weight is 277 g/mol. The Balaban J connectivity index is 2.15. The van der Waals surface area contributed by atoms with E-state index in [4.69, 9.17) is 10.00 Å². The summed E-state index contributed by atoms with van der Waals surface area (Å²) in [6, 6.07) is 5.90. The lowest BCUT2D eigenvalue weighted by molar-refractivity contribution is -0.132. The minimum absolute atomic E-state index is 0.0206. The van der Waals surface area contributed by atoms with Crippen LogP contribution in [0.5, 0.6) is 0 Å². The van der Waals surface area contributed by atoms with Crippen LogP contribution in [0.1, 0.15) is 11.1 Å². The van der Waals surface area contributed by atoms with Crippen LogP contribution in [0.4, 0.5) is 4.39 Å². The van der Waals surface area contributed by atoms with E-state index in [0.717, 1.165) is 5.56 Å². The van der Waals surface area contributed by atoms with E-state index in [2.05, 4.69) is 5.32 Å². The van der Waals surface area contributed by atoms with E-state index < -0.39 is 5.82 Å². The summed E-state index contributed by atoms with van der Waals surface area (Å²) in [6.45, 7) is 2.00. The molecule has 20 heavy (non-hydrogen) atoms. The first-order chi connectivity index (χ1) is 9.65. The van der Waals surface area contributed by atoms with Crippen LogP contribution in [0.2, 0.25) is 0 Å². The number of nitrogens with one attached hydrogen (secondary N) is 1. The summed E-state index contributed by atoms with van der Waals surface area (Å²) in [5.74, 6) is -0.631. The van der Waals surface area contributed by atoms with Crippen molar-refractivity contribution < 1.29 is 13.9 Å². The number of carbonyl (C=O) groups is 1. The minimum atomic E-state index is -0.527. The maximum Gasteiger partial charge on any atom is 0.239 e. The van der Waals surface area contributed by atoms with Crippen molar-refractivity contribution in [3.63, 3.8) is 0 Å². The van der Waals surface area contributed by atoms with Gasteiger partial charge in [-0.1, -0.05) is 6.07 Å². The zero-order valence-electron chi connectivity index (χ0n) is 11.2. The highest BCUT2D eigenvalue weighted by molar-refractivity contribution is 5.81. The van der Waals surface area contributed by atoms with Gasteiger partial charge in [-0.25, -0.2) is 4.39 Å². The van der Waals surface area contributed by atoms with Crippen LogP contribution < -0.4 is 5.32 Å². The lowest BCUT2D eigenvalue weighted by atomic mass is 10.1. The van der Waals surface area contributed by atoms with Crippen LogP contribution in [-0.4, -0.2) is 43.7 Å². The van der Waals surface area contributed by atoms with E-state index in [-0.39, 0.29) is 17.5 Å². The summed E-state index contributed by atoms with van der Waals surface area (Å²) in [7, 11) is 1.58. The Bertz CT molecular complexity index is 542. The van der Waals surface area contributed by atoms with Gasteiger partial charge < -0.3 is 10.1 Å². The van der Waals surface area contributed by atoms with Gasteiger partial charge in [-0.15, -0.1) is 0 Å². The molecule has 0 saturated carbocycles. The van der Waals surface area contributed by atoms with Gasteiger partial charge in [0.2, 0.25) is 5.91 Å². The summed E-state index contributed by atoms with van der Waals surface area (Å²) in [5, 5.41) is 11.4. The number of rotatable bonds is 3. The van der Waals surface area contributed by atoms with Gasteiger partial charge in [0.15, 0.2) is 0 Å². The number of ether oxygens (including phenoxy) is 1. The monoisotopic (exact) mass is 277 g/mol. The van der Waals surface area contributed by atoms with Crippen molar-refractivity contribution in [1.82, 2.24) is 10.2 Å². The fraction of sp³-hybridized carbons (Fsp3) is 0.429. The van der Waals surface area contributed by atoms with Gasteiger partial charge in [-0.05, 0) is 17.7 Å². The van der Waals surface area contributed by atoms with E-state index in [1.807, 2.05) is 11.0 Å². The number of benzene rings is 1. The summed E-state index contributed by atoms with van der Waals surface area (Å²) in [5.41, 5.74) is 0.825. The van der Waals surface area contributed by atoms with Gasteiger partial charge in [0.05, 0.1) is 18.8 Å². The van der Waals surface area contributed by atoms with Gasteiger partial charge in [0, 0.05) is 20.1 Å². The van der Waals surface area contributed by atoms with Crippen molar-refractivity contribution in [2.75, 3.05) is 26.8 Å². The van der Waals surface area contributed by atoms with Crippen molar-refractivity contribution in [3.05, 3.63) is 35.1 Å². The summed E-state index contributed by atoms with van der Waals surface area (Å²) in [6.07, 6.45) is 0. The zero-order chi connectivity index (χ0) is 14.5. The smallest absolute Gasteiger partial charge is 0.239 e. The van der Waals surface area contributed by atoms with E-state index in [9.17, 15) is 9.18 Å². The Morgan fingerprint density at radius 2 is 2.45 bits per heavy atom.